The molecule has 6 nitrogen and oxygen atoms in total. The standard InChI is InChI=1S/C27H12F6N4O2/c1-15-3-2-4-20(5-15)38-24-9-23(17(13-36)14-37)25(10-22(24)16(11-34)12-35)39-21-7-18(26(28,29)30)6-19(8-21)27(31,32)33/h2-10H,1H3. The van der Waals surface area contributed by atoms with Crippen LogP contribution in [0.5, 0.6) is 23.0 Å². The molecule has 0 aliphatic heterocycles. The van der Waals surface area contributed by atoms with E-state index >= 15 is 0 Å². The molecule has 0 atom stereocenters. The van der Waals surface area contributed by atoms with Crippen LogP contribution >= 0.6 is 0 Å². The molecular formula is C27H12F6N4O2. The Hall–Kier alpha value is -5.46. The summed E-state index contributed by atoms with van der Waals surface area (Å²) in [5.74, 6) is -1.48. The second-order valence-electron chi connectivity index (χ2n) is 7.80. The van der Waals surface area contributed by atoms with Gasteiger partial charge >= 0.3 is 12.4 Å². The molecule has 3 rings (SSSR count). The molecule has 0 saturated heterocycles. The molecule has 0 bridgehead atoms. The molecule has 39 heavy (non-hydrogen) atoms. The van der Waals surface area contributed by atoms with E-state index in [1.54, 1.807) is 49.4 Å². The van der Waals surface area contributed by atoms with Crippen LogP contribution in [0.15, 0.2) is 54.6 Å². The van der Waals surface area contributed by atoms with Crippen LogP contribution in [0.25, 0.3) is 11.1 Å². The number of rotatable bonds is 4. The van der Waals surface area contributed by atoms with E-state index in [1.165, 1.54) is 6.07 Å². The zero-order chi connectivity index (χ0) is 29.0. The minimum absolute atomic E-state index is 0.0999. The minimum Gasteiger partial charge on any atom is -0.457 e. The van der Waals surface area contributed by atoms with Crippen molar-refractivity contribution < 1.29 is 35.8 Å². The lowest BCUT2D eigenvalue weighted by atomic mass is 10.1. The third-order valence-electron chi connectivity index (χ3n) is 5.07. The normalized spacial score (nSPS) is 10.8. The van der Waals surface area contributed by atoms with E-state index in [2.05, 4.69) is 0 Å². The SMILES string of the molecule is Cc1cccc(Oc2cc(=C(C#N)C#N)c(Oc3cc(C(F)(F)F)cc(C(F)(F)F)c3)cc2=C(C#N)C#N)c1. The van der Waals surface area contributed by atoms with Gasteiger partial charge in [-0.25, -0.2) is 0 Å². The van der Waals surface area contributed by atoms with E-state index in [4.69, 9.17) is 9.47 Å². The van der Waals surface area contributed by atoms with Crippen LogP contribution in [0.4, 0.5) is 26.3 Å². The Bertz CT molecular complexity index is 1680. The number of ether oxygens (including phenoxy) is 2. The van der Waals surface area contributed by atoms with Crippen molar-refractivity contribution in [1.29, 1.82) is 21.0 Å². The number of aryl methyl sites for hydroxylation is 1. The molecule has 194 valence electrons. The van der Waals surface area contributed by atoms with E-state index in [1.807, 2.05) is 0 Å². The largest absolute Gasteiger partial charge is 0.457 e. The maximum absolute atomic E-state index is 13.3. The van der Waals surface area contributed by atoms with Crippen LogP contribution in [-0.2, 0) is 12.4 Å². The molecule has 0 radical (unpaired) electrons. The van der Waals surface area contributed by atoms with Gasteiger partial charge < -0.3 is 9.47 Å². The maximum atomic E-state index is 13.3. The van der Waals surface area contributed by atoms with Gasteiger partial charge in [-0.2, -0.15) is 47.4 Å². The van der Waals surface area contributed by atoms with Crippen LogP contribution in [0.3, 0.4) is 0 Å². The molecule has 12 heteroatoms. The maximum Gasteiger partial charge on any atom is 0.416 e. The van der Waals surface area contributed by atoms with E-state index in [-0.39, 0.29) is 28.0 Å². The summed E-state index contributed by atoms with van der Waals surface area (Å²) in [6, 6.07) is 15.3. The number of hydrogen-bond donors (Lipinski definition) is 0. The van der Waals surface area contributed by atoms with Crippen molar-refractivity contribution in [3.63, 3.8) is 0 Å². The zero-order valence-corrected chi connectivity index (χ0v) is 19.6. The molecule has 0 aliphatic carbocycles. The second kappa shape index (κ2) is 10.9. The van der Waals surface area contributed by atoms with Gasteiger partial charge in [0.25, 0.3) is 0 Å². The molecule has 3 aromatic carbocycles. The Morgan fingerprint density at radius 1 is 0.615 bits per heavy atom. The lowest BCUT2D eigenvalue weighted by Gasteiger charge is -2.16. The number of nitriles is 4. The van der Waals surface area contributed by atoms with Crippen molar-refractivity contribution in [1.82, 2.24) is 0 Å². The van der Waals surface area contributed by atoms with Gasteiger partial charge in [0.2, 0.25) is 0 Å². The van der Waals surface area contributed by atoms with Gasteiger partial charge in [0.1, 0.15) is 58.4 Å². The van der Waals surface area contributed by atoms with Crippen molar-refractivity contribution in [2.24, 2.45) is 0 Å². The zero-order valence-electron chi connectivity index (χ0n) is 19.6. The lowest BCUT2D eigenvalue weighted by molar-refractivity contribution is -0.143. The van der Waals surface area contributed by atoms with Crippen LogP contribution in [0, 0.1) is 52.2 Å². The first kappa shape index (κ1) is 28.1. The smallest absolute Gasteiger partial charge is 0.416 e. The first-order valence-electron chi connectivity index (χ1n) is 10.6. The number of hydrogen-bond acceptors (Lipinski definition) is 6. The lowest BCUT2D eigenvalue weighted by Crippen LogP contribution is -2.18. The van der Waals surface area contributed by atoms with Crippen molar-refractivity contribution in [2.75, 3.05) is 0 Å². The minimum atomic E-state index is -5.17. The highest BCUT2D eigenvalue weighted by atomic mass is 19.4. The molecule has 0 fully saturated rings. The molecule has 0 aliphatic rings. The molecule has 0 N–H and O–H groups in total. The topological polar surface area (TPSA) is 114 Å². The molecule has 3 aromatic rings. The highest BCUT2D eigenvalue weighted by molar-refractivity contribution is 5.77. The summed E-state index contributed by atoms with van der Waals surface area (Å²) in [4.78, 5) is 0. The molecule has 0 amide bonds. The molecular weight excluding hydrogens is 526 g/mol. The first-order chi connectivity index (χ1) is 18.3. The predicted octanol–water partition coefficient (Wildman–Crippen LogP) is 6.01. The fourth-order valence-corrected chi connectivity index (χ4v) is 3.33. The van der Waals surface area contributed by atoms with Crippen molar-refractivity contribution >= 4 is 11.1 Å². The fourth-order valence-electron chi connectivity index (χ4n) is 3.33. The Morgan fingerprint density at radius 3 is 1.44 bits per heavy atom. The summed E-state index contributed by atoms with van der Waals surface area (Å²) in [6.07, 6.45) is -10.3. The molecule has 0 saturated carbocycles. The van der Waals surface area contributed by atoms with E-state index in [0.29, 0.717) is 12.1 Å². The van der Waals surface area contributed by atoms with Crippen molar-refractivity contribution in [2.45, 2.75) is 19.3 Å². The van der Waals surface area contributed by atoms with Gasteiger partial charge in [0, 0.05) is 10.4 Å². The van der Waals surface area contributed by atoms with Crippen molar-refractivity contribution in [3.05, 3.63) is 81.7 Å². The Morgan fingerprint density at radius 2 is 1.05 bits per heavy atom. The highest BCUT2D eigenvalue weighted by Gasteiger charge is 2.37. The summed E-state index contributed by atoms with van der Waals surface area (Å²) in [5, 5.41) is 37.2. The monoisotopic (exact) mass is 538 g/mol. The third kappa shape index (κ3) is 6.46. The molecule has 0 spiro atoms. The summed E-state index contributed by atoms with van der Waals surface area (Å²) >= 11 is 0. The van der Waals surface area contributed by atoms with Crippen LogP contribution in [-0.4, -0.2) is 0 Å². The quantitative estimate of drug-likeness (QED) is 0.376. The molecule has 0 aromatic heterocycles. The van der Waals surface area contributed by atoms with Gasteiger partial charge in [-0.05, 0) is 55.0 Å². The third-order valence-corrected chi connectivity index (χ3v) is 5.07. The summed E-state index contributed by atoms with van der Waals surface area (Å²) in [5.41, 5.74) is -3.75. The summed E-state index contributed by atoms with van der Waals surface area (Å²) in [6.45, 7) is 1.75. The fraction of sp³-hybridized carbons (Fsp3) is 0.111. The van der Waals surface area contributed by atoms with Crippen LogP contribution in [0.2, 0.25) is 0 Å². The Balaban J connectivity index is 2.38. The van der Waals surface area contributed by atoms with Gasteiger partial charge in [0.05, 0.1) is 11.1 Å². The van der Waals surface area contributed by atoms with Gasteiger partial charge in [-0.15, -0.1) is 0 Å². The second-order valence-corrected chi connectivity index (χ2v) is 7.80. The van der Waals surface area contributed by atoms with Crippen LogP contribution in [0.1, 0.15) is 16.7 Å². The van der Waals surface area contributed by atoms with Gasteiger partial charge in [-0.1, -0.05) is 12.1 Å². The summed E-state index contributed by atoms with van der Waals surface area (Å²) in [7, 11) is 0. The molecule has 0 heterocycles. The first-order valence-corrected chi connectivity index (χ1v) is 10.6. The summed E-state index contributed by atoms with van der Waals surface area (Å²) < 4.78 is 91.2. The van der Waals surface area contributed by atoms with Gasteiger partial charge in [-0.3, -0.25) is 0 Å². The van der Waals surface area contributed by atoms with E-state index in [9.17, 15) is 47.4 Å². The predicted molar refractivity (Wildman–Crippen MR) is 123 cm³/mol. The number of alkyl halides is 6. The molecule has 0 unspecified atom stereocenters. The number of halogens is 6. The highest BCUT2D eigenvalue weighted by Crippen LogP contribution is 2.39. The van der Waals surface area contributed by atoms with Gasteiger partial charge in [0.15, 0.2) is 0 Å². The Labute approximate surface area is 216 Å². The van der Waals surface area contributed by atoms with E-state index < -0.39 is 46.1 Å². The van der Waals surface area contributed by atoms with Crippen LogP contribution < -0.4 is 19.9 Å². The average molecular weight is 538 g/mol. The number of nitrogens with zero attached hydrogens (tertiary/aromatic N) is 4. The number of benzene rings is 3. The van der Waals surface area contributed by atoms with Crippen molar-refractivity contribution in [3.8, 4) is 47.3 Å². The average Bonchev–Trinajstić information content (AvgIpc) is 2.86. The Kier molecular flexibility index (Phi) is 7.85. The van der Waals surface area contributed by atoms with E-state index in [0.717, 1.165) is 17.7 Å².